The summed E-state index contributed by atoms with van der Waals surface area (Å²) in [4.78, 5) is 52.6. The summed E-state index contributed by atoms with van der Waals surface area (Å²) >= 11 is 0. The maximum atomic E-state index is 13.4. The van der Waals surface area contributed by atoms with Gasteiger partial charge in [-0.15, -0.1) is 0 Å². The standard InChI is InChI=1S/C26H29N5O5/c1-16-7-5-11-21(17(16)2)28-22(32)14-30(13-18-8-6-12-36-18)23(33)15-31-26(35)20-10-4-3-9-19(20)24(29-31)25(27)34/h3-5,7,9-11,18H,6,8,12-15H2,1-2H3,(H2,27,34)(H,28,32)/t18-/m0/s1. The number of nitrogens with one attached hydrogen (secondary N) is 1. The minimum Gasteiger partial charge on any atom is -0.376 e. The van der Waals surface area contributed by atoms with E-state index in [2.05, 4.69) is 10.4 Å². The third kappa shape index (κ3) is 5.44. The number of nitrogens with zero attached hydrogens (tertiary/aromatic N) is 3. The van der Waals surface area contributed by atoms with Crippen molar-refractivity contribution in [3.05, 3.63) is 69.6 Å². The van der Waals surface area contributed by atoms with Crippen LogP contribution in [0.15, 0.2) is 47.3 Å². The van der Waals surface area contributed by atoms with E-state index in [-0.39, 0.29) is 36.2 Å². The van der Waals surface area contributed by atoms with Gasteiger partial charge in [0.1, 0.15) is 13.1 Å². The van der Waals surface area contributed by atoms with Crippen LogP contribution < -0.4 is 16.6 Å². The van der Waals surface area contributed by atoms with Crippen molar-refractivity contribution in [3.8, 4) is 0 Å². The molecule has 1 aromatic heterocycles. The van der Waals surface area contributed by atoms with Crippen LogP contribution in [0.2, 0.25) is 0 Å². The monoisotopic (exact) mass is 491 g/mol. The molecule has 2 aromatic carbocycles. The summed E-state index contributed by atoms with van der Waals surface area (Å²) in [5, 5.41) is 7.49. The number of fused-ring (bicyclic) bond motifs is 1. The molecule has 3 aromatic rings. The number of aromatic nitrogens is 2. The lowest BCUT2D eigenvalue weighted by Gasteiger charge is -2.25. The number of hydrogen-bond donors (Lipinski definition) is 2. The molecule has 1 saturated heterocycles. The van der Waals surface area contributed by atoms with Gasteiger partial charge in [-0.3, -0.25) is 19.2 Å². The molecule has 0 aliphatic carbocycles. The second kappa shape index (κ2) is 10.7. The number of amides is 3. The number of aryl methyl sites for hydroxylation is 1. The Bertz CT molecular complexity index is 1380. The average molecular weight is 492 g/mol. The van der Waals surface area contributed by atoms with E-state index >= 15 is 0 Å². The Balaban J connectivity index is 1.59. The third-order valence-electron chi connectivity index (χ3n) is 6.40. The SMILES string of the molecule is Cc1cccc(NC(=O)CN(C[C@@H]2CCCO2)C(=O)Cn2nc(C(N)=O)c3ccccc3c2=O)c1C. The number of hydrogen-bond acceptors (Lipinski definition) is 6. The molecular weight excluding hydrogens is 462 g/mol. The molecule has 10 heteroatoms. The van der Waals surface area contributed by atoms with Gasteiger partial charge in [0.05, 0.1) is 11.5 Å². The Labute approximate surface area is 208 Å². The van der Waals surface area contributed by atoms with Crippen LogP contribution in [0.4, 0.5) is 5.69 Å². The normalized spacial score (nSPS) is 15.1. The molecule has 1 aliphatic heterocycles. The van der Waals surface area contributed by atoms with E-state index in [0.29, 0.717) is 17.7 Å². The van der Waals surface area contributed by atoms with E-state index in [1.165, 1.54) is 4.90 Å². The molecule has 1 fully saturated rings. The molecule has 0 spiro atoms. The van der Waals surface area contributed by atoms with Gasteiger partial charge >= 0.3 is 0 Å². The van der Waals surface area contributed by atoms with Crippen molar-refractivity contribution in [3.63, 3.8) is 0 Å². The molecular formula is C26H29N5O5. The van der Waals surface area contributed by atoms with Gasteiger partial charge in [-0.2, -0.15) is 5.10 Å². The largest absolute Gasteiger partial charge is 0.376 e. The fourth-order valence-corrected chi connectivity index (χ4v) is 4.29. The number of carbonyl (C=O) groups excluding carboxylic acids is 3. The van der Waals surface area contributed by atoms with Gasteiger partial charge in [-0.1, -0.05) is 30.3 Å². The number of ether oxygens (including phenoxy) is 1. The third-order valence-corrected chi connectivity index (χ3v) is 6.40. The first-order valence-corrected chi connectivity index (χ1v) is 11.8. The van der Waals surface area contributed by atoms with Crippen LogP contribution in [0.5, 0.6) is 0 Å². The predicted octanol–water partition coefficient (Wildman–Crippen LogP) is 1.76. The Morgan fingerprint density at radius 2 is 1.89 bits per heavy atom. The van der Waals surface area contributed by atoms with Crippen LogP contribution in [0.1, 0.15) is 34.5 Å². The fraction of sp³-hybridized carbons (Fsp3) is 0.346. The van der Waals surface area contributed by atoms with E-state index in [1.54, 1.807) is 30.3 Å². The van der Waals surface area contributed by atoms with Crippen molar-refractivity contribution in [2.45, 2.75) is 39.3 Å². The number of carbonyl (C=O) groups is 3. The number of anilines is 1. The number of primary amides is 1. The maximum Gasteiger partial charge on any atom is 0.275 e. The summed E-state index contributed by atoms with van der Waals surface area (Å²) < 4.78 is 6.61. The summed E-state index contributed by atoms with van der Waals surface area (Å²) in [6.07, 6.45) is 1.43. The second-order valence-electron chi connectivity index (χ2n) is 8.93. The van der Waals surface area contributed by atoms with Gasteiger partial charge in [0, 0.05) is 24.2 Å². The van der Waals surface area contributed by atoms with E-state index < -0.39 is 23.9 Å². The lowest BCUT2D eigenvalue weighted by atomic mass is 10.1. The summed E-state index contributed by atoms with van der Waals surface area (Å²) in [6.45, 7) is 3.98. The topological polar surface area (TPSA) is 137 Å². The number of nitrogens with two attached hydrogens (primary N) is 1. The van der Waals surface area contributed by atoms with Crippen molar-refractivity contribution >= 4 is 34.2 Å². The second-order valence-corrected chi connectivity index (χ2v) is 8.93. The van der Waals surface area contributed by atoms with Gasteiger partial charge < -0.3 is 20.7 Å². The average Bonchev–Trinajstić information content (AvgIpc) is 3.36. The summed E-state index contributed by atoms with van der Waals surface area (Å²) in [5.41, 5.74) is 7.49. The summed E-state index contributed by atoms with van der Waals surface area (Å²) in [6, 6.07) is 12.1. The summed E-state index contributed by atoms with van der Waals surface area (Å²) in [7, 11) is 0. The minimum atomic E-state index is -0.809. The Morgan fingerprint density at radius 3 is 2.58 bits per heavy atom. The first kappa shape index (κ1) is 25.1. The van der Waals surface area contributed by atoms with E-state index in [0.717, 1.165) is 28.7 Å². The first-order valence-electron chi connectivity index (χ1n) is 11.8. The Hall–Kier alpha value is -4.05. The smallest absolute Gasteiger partial charge is 0.275 e. The molecule has 0 unspecified atom stereocenters. The van der Waals surface area contributed by atoms with E-state index in [1.807, 2.05) is 26.0 Å². The summed E-state index contributed by atoms with van der Waals surface area (Å²) in [5.74, 6) is -1.68. The van der Waals surface area contributed by atoms with Gasteiger partial charge in [-0.25, -0.2) is 4.68 Å². The van der Waals surface area contributed by atoms with Crippen molar-refractivity contribution in [1.29, 1.82) is 0 Å². The van der Waals surface area contributed by atoms with E-state index in [9.17, 15) is 19.2 Å². The number of benzene rings is 2. The van der Waals surface area contributed by atoms with Crippen molar-refractivity contribution in [2.24, 2.45) is 5.73 Å². The highest BCUT2D eigenvalue weighted by Crippen LogP contribution is 2.19. The molecule has 3 amide bonds. The highest BCUT2D eigenvalue weighted by Gasteiger charge is 2.26. The lowest BCUT2D eigenvalue weighted by Crippen LogP contribution is -2.45. The van der Waals surface area contributed by atoms with Crippen LogP contribution in [0, 0.1) is 13.8 Å². The molecule has 3 N–H and O–H groups in total. The molecule has 1 aliphatic rings. The first-order chi connectivity index (χ1) is 17.2. The quantitative estimate of drug-likeness (QED) is 0.493. The molecule has 0 radical (unpaired) electrons. The molecule has 10 nitrogen and oxygen atoms in total. The molecule has 188 valence electrons. The van der Waals surface area contributed by atoms with Gasteiger partial charge in [0.2, 0.25) is 11.8 Å². The lowest BCUT2D eigenvalue weighted by molar-refractivity contribution is -0.137. The zero-order valence-electron chi connectivity index (χ0n) is 20.3. The van der Waals surface area contributed by atoms with Crippen LogP contribution in [-0.4, -0.2) is 58.2 Å². The molecule has 2 heterocycles. The van der Waals surface area contributed by atoms with Crippen LogP contribution in [0.3, 0.4) is 0 Å². The highest BCUT2D eigenvalue weighted by molar-refractivity contribution is 6.04. The zero-order chi connectivity index (χ0) is 25.8. The Morgan fingerprint density at radius 1 is 1.14 bits per heavy atom. The predicted molar refractivity (Wildman–Crippen MR) is 135 cm³/mol. The molecule has 4 rings (SSSR count). The van der Waals surface area contributed by atoms with Gasteiger partial charge in [0.15, 0.2) is 5.69 Å². The van der Waals surface area contributed by atoms with Crippen LogP contribution in [-0.2, 0) is 20.9 Å². The molecule has 1 atom stereocenters. The van der Waals surface area contributed by atoms with Crippen LogP contribution >= 0.6 is 0 Å². The maximum absolute atomic E-state index is 13.4. The number of rotatable bonds is 8. The highest BCUT2D eigenvalue weighted by atomic mass is 16.5. The van der Waals surface area contributed by atoms with E-state index in [4.69, 9.17) is 10.5 Å². The van der Waals surface area contributed by atoms with Gasteiger partial charge in [-0.05, 0) is 49.9 Å². The van der Waals surface area contributed by atoms with Crippen molar-refractivity contribution in [2.75, 3.05) is 25.0 Å². The van der Waals surface area contributed by atoms with Crippen molar-refractivity contribution in [1.82, 2.24) is 14.7 Å². The molecule has 0 bridgehead atoms. The Kier molecular flexibility index (Phi) is 7.44. The minimum absolute atomic E-state index is 0.101. The molecule has 36 heavy (non-hydrogen) atoms. The van der Waals surface area contributed by atoms with Gasteiger partial charge in [0.25, 0.3) is 11.5 Å². The van der Waals surface area contributed by atoms with Crippen LogP contribution in [0.25, 0.3) is 10.8 Å². The van der Waals surface area contributed by atoms with Crippen molar-refractivity contribution < 1.29 is 19.1 Å². The fourth-order valence-electron chi connectivity index (χ4n) is 4.29. The zero-order valence-corrected chi connectivity index (χ0v) is 20.3. The molecule has 0 saturated carbocycles.